The van der Waals surface area contributed by atoms with Crippen LogP contribution < -0.4 is 20.3 Å². The zero-order chi connectivity index (χ0) is 21.3. The molecule has 0 aromatic heterocycles. The number of rotatable bonds is 7. The summed E-state index contributed by atoms with van der Waals surface area (Å²) in [5.74, 6) is 1.46. The van der Waals surface area contributed by atoms with E-state index in [4.69, 9.17) is 4.74 Å². The van der Waals surface area contributed by atoms with Gasteiger partial charge in [0.1, 0.15) is 17.3 Å². The molecule has 0 atom stereocenters. The van der Waals surface area contributed by atoms with Crippen molar-refractivity contribution in [2.45, 2.75) is 32.2 Å². The summed E-state index contributed by atoms with van der Waals surface area (Å²) in [6, 6.07) is 12.4. The number of anilines is 1. The first-order valence-electron chi connectivity index (χ1n) is 10.5. The highest BCUT2D eigenvalue weighted by Gasteiger charge is 2.20. The highest BCUT2D eigenvalue weighted by Crippen LogP contribution is 2.24. The third-order valence-corrected chi connectivity index (χ3v) is 5.30. The Morgan fingerprint density at radius 1 is 1.23 bits per heavy atom. The van der Waals surface area contributed by atoms with Crippen LogP contribution in [0.1, 0.15) is 25.3 Å². The topological polar surface area (TPSA) is 69.1 Å². The Labute approximate surface area is 200 Å². The molecule has 1 aliphatic heterocycles. The Bertz CT molecular complexity index is 857. The van der Waals surface area contributed by atoms with E-state index in [0.717, 1.165) is 49.7 Å². The van der Waals surface area contributed by atoms with Crippen LogP contribution in [0.3, 0.4) is 0 Å². The lowest BCUT2D eigenvalue weighted by Gasteiger charge is -2.34. The molecule has 6 nitrogen and oxygen atoms in total. The fourth-order valence-corrected chi connectivity index (χ4v) is 3.64. The lowest BCUT2D eigenvalue weighted by atomic mass is 10.0. The summed E-state index contributed by atoms with van der Waals surface area (Å²) in [5, 5.41) is 16.9. The van der Waals surface area contributed by atoms with Crippen LogP contribution in [0.5, 0.6) is 11.5 Å². The average molecular weight is 542 g/mol. The zero-order valence-corrected chi connectivity index (χ0v) is 20.4. The normalized spacial score (nSPS) is 14.7. The molecule has 3 N–H and O–H groups in total. The van der Waals surface area contributed by atoms with Crippen molar-refractivity contribution in [3.05, 3.63) is 53.8 Å². The minimum Gasteiger partial charge on any atom is -0.508 e. The van der Waals surface area contributed by atoms with Crippen molar-refractivity contribution in [1.29, 1.82) is 0 Å². The third kappa shape index (κ3) is 7.45. The first-order chi connectivity index (χ1) is 14.6. The SMILES string of the molecule is CCNC(=NCCc1ccc(OC)cc1O)NC1CCN(c2cccc(F)c2)CC1.I. The van der Waals surface area contributed by atoms with Gasteiger partial charge in [0, 0.05) is 44.0 Å². The number of benzene rings is 2. The maximum atomic E-state index is 13.5. The molecule has 170 valence electrons. The largest absolute Gasteiger partial charge is 0.508 e. The van der Waals surface area contributed by atoms with E-state index in [-0.39, 0.29) is 35.5 Å². The summed E-state index contributed by atoms with van der Waals surface area (Å²) in [7, 11) is 1.58. The summed E-state index contributed by atoms with van der Waals surface area (Å²) < 4.78 is 18.6. The summed E-state index contributed by atoms with van der Waals surface area (Å²) in [6.45, 7) is 5.14. The fourth-order valence-electron chi connectivity index (χ4n) is 3.64. The fraction of sp³-hybridized carbons (Fsp3) is 0.435. The summed E-state index contributed by atoms with van der Waals surface area (Å²) in [5.41, 5.74) is 1.78. The Kier molecular flexibility index (Phi) is 10.2. The molecular formula is C23H32FIN4O2. The molecule has 1 heterocycles. The van der Waals surface area contributed by atoms with Gasteiger partial charge in [-0.25, -0.2) is 4.39 Å². The van der Waals surface area contributed by atoms with Gasteiger partial charge in [0.15, 0.2) is 5.96 Å². The van der Waals surface area contributed by atoms with E-state index in [0.29, 0.717) is 24.8 Å². The van der Waals surface area contributed by atoms with E-state index in [9.17, 15) is 9.50 Å². The molecule has 0 unspecified atom stereocenters. The molecule has 8 heteroatoms. The molecule has 31 heavy (non-hydrogen) atoms. The number of methoxy groups -OCH3 is 1. The van der Waals surface area contributed by atoms with Crippen molar-refractivity contribution in [3.63, 3.8) is 0 Å². The quantitative estimate of drug-likeness (QED) is 0.281. The monoisotopic (exact) mass is 542 g/mol. The van der Waals surface area contributed by atoms with Crippen molar-refractivity contribution in [1.82, 2.24) is 10.6 Å². The van der Waals surface area contributed by atoms with Gasteiger partial charge in [-0.15, -0.1) is 24.0 Å². The average Bonchev–Trinajstić information content (AvgIpc) is 2.75. The second-order valence-electron chi connectivity index (χ2n) is 7.39. The first kappa shape index (κ1) is 25.0. The van der Waals surface area contributed by atoms with Crippen LogP contribution in [-0.4, -0.2) is 50.4 Å². The number of aromatic hydroxyl groups is 1. The van der Waals surface area contributed by atoms with E-state index in [2.05, 4.69) is 20.5 Å². The van der Waals surface area contributed by atoms with E-state index >= 15 is 0 Å². The Balaban J connectivity index is 0.00000341. The van der Waals surface area contributed by atoms with Gasteiger partial charge in [-0.05, 0) is 56.0 Å². The van der Waals surface area contributed by atoms with Crippen LogP contribution in [0.15, 0.2) is 47.5 Å². The van der Waals surface area contributed by atoms with E-state index < -0.39 is 0 Å². The Morgan fingerprint density at radius 2 is 2.00 bits per heavy atom. The van der Waals surface area contributed by atoms with Crippen LogP contribution in [0.2, 0.25) is 0 Å². The van der Waals surface area contributed by atoms with Crippen LogP contribution in [0.4, 0.5) is 10.1 Å². The molecule has 3 rings (SSSR count). The molecule has 1 fully saturated rings. The number of hydrogen-bond acceptors (Lipinski definition) is 4. The smallest absolute Gasteiger partial charge is 0.191 e. The van der Waals surface area contributed by atoms with Crippen molar-refractivity contribution in [3.8, 4) is 11.5 Å². The van der Waals surface area contributed by atoms with Gasteiger partial charge < -0.3 is 25.4 Å². The standard InChI is InChI=1S/C23H31FN4O2.HI/c1-3-25-23(26-12-9-17-7-8-21(30-2)16-22(17)29)27-19-10-13-28(14-11-19)20-6-4-5-18(24)15-20;/h4-8,15-16,19,29H,3,9-14H2,1-2H3,(H2,25,26,27);1H. The number of piperidine rings is 1. The Morgan fingerprint density at radius 3 is 2.65 bits per heavy atom. The maximum Gasteiger partial charge on any atom is 0.191 e. The molecule has 2 aromatic carbocycles. The van der Waals surface area contributed by atoms with Crippen molar-refractivity contribution < 1.29 is 14.2 Å². The third-order valence-electron chi connectivity index (χ3n) is 5.30. The Hall–Kier alpha value is -2.23. The predicted molar refractivity (Wildman–Crippen MR) is 135 cm³/mol. The molecule has 0 spiro atoms. The van der Waals surface area contributed by atoms with E-state index in [1.807, 2.05) is 25.1 Å². The minimum absolute atomic E-state index is 0. The van der Waals surface area contributed by atoms with E-state index in [1.165, 1.54) is 6.07 Å². The van der Waals surface area contributed by atoms with Gasteiger partial charge in [0.25, 0.3) is 0 Å². The maximum absolute atomic E-state index is 13.5. The van der Waals surface area contributed by atoms with Gasteiger partial charge >= 0.3 is 0 Å². The minimum atomic E-state index is -0.197. The van der Waals surface area contributed by atoms with Gasteiger partial charge in [-0.3, -0.25) is 4.99 Å². The first-order valence-corrected chi connectivity index (χ1v) is 10.5. The summed E-state index contributed by atoms with van der Waals surface area (Å²) in [4.78, 5) is 6.88. The van der Waals surface area contributed by atoms with Crippen molar-refractivity contribution >= 4 is 35.6 Å². The molecule has 1 saturated heterocycles. The predicted octanol–water partition coefficient (Wildman–Crippen LogP) is 3.92. The highest BCUT2D eigenvalue weighted by atomic mass is 127. The van der Waals surface area contributed by atoms with Crippen LogP contribution in [0, 0.1) is 5.82 Å². The number of nitrogens with one attached hydrogen (secondary N) is 2. The number of phenolic OH excluding ortho intramolecular Hbond substituents is 1. The number of halogens is 2. The number of guanidine groups is 1. The van der Waals surface area contributed by atoms with Gasteiger partial charge in [0.05, 0.1) is 7.11 Å². The summed E-state index contributed by atoms with van der Waals surface area (Å²) >= 11 is 0. The second kappa shape index (κ2) is 12.6. The molecule has 0 aliphatic carbocycles. The number of phenols is 1. The van der Waals surface area contributed by atoms with E-state index in [1.54, 1.807) is 25.3 Å². The second-order valence-corrected chi connectivity index (χ2v) is 7.39. The van der Waals surface area contributed by atoms with Gasteiger partial charge in [0.2, 0.25) is 0 Å². The van der Waals surface area contributed by atoms with Gasteiger partial charge in [-0.2, -0.15) is 0 Å². The lowest BCUT2D eigenvalue weighted by Crippen LogP contribution is -2.48. The van der Waals surface area contributed by atoms with Gasteiger partial charge in [-0.1, -0.05) is 12.1 Å². The molecule has 2 aromatic rings. The number of nitrogens with zero attached hydrogens (tertiary/aromatic N) is 2. The highest BCUT2D eigenvalue weighted by molar-refractivity contribution is 14.0. The molecule has 0 radical (unpaired) electrons. The molecule has 0 bridgehead atoms. The van der Waals surface area contributed by atoms with Crippen molar-refractivity contribution in [2.75, 3.05) is 38.2 Å². The number of ether oxygens (including phenoxy) is 1. The lowest BCUT2D eigenvalue weighted by molar-refractivity contribution is 0.406. The molecule has 0 amide bonds. The zero-order valence-electron chi connectivity index (χ0n) is 18.1. The van der Waals surface area contributed by atoms with Crippen molar-refractivity contribution in [2.24, 2.45) is 4.99 Å². The van der Waals surface area contributed by atoms with Crippen LogP contribution >= 0.6 is 24.0 Å². The molecular weight excluding hydrogens is 510 g/mol. The molecule has 0 saturated carbocycles. The number of aliphatic imine (C=N–C) groups is 1. The van der Waals surface area contributed by atoms with Crippen LogP contribution in [-0.2, 0) is 6.42 Å². The summed E-state index contributed by atoms with van der Waals surface area (Å²) in [6.07, 6.45) is 2.56. The molecule has 1 aliphatic rings. The van der Waals surface area contributed by atoms with Crippen LogP contribution in [0.25, 0.3) is 0 Å². The number of hydrogen-bond donors (Lipinski definition) is 3.